The van der Waals surface area contributed by atoms with Crippen LogP contribution in [0, 0.1) is 0 Å². The molecule has 3 heterocycles. The van der Waals surface area contributed by atoms with Gasteiger partial charge in [0.15, 0.2) is 0 Å². The Balaban J connectivity index is 0.000000204. The summed E-state index contributed by atoms with van der Waals surface area (Å²) in [7, 11) is 0. The van der Waals surface area contributed by atoms with Crippen molar-refractivity contribution in [1.82, 2.24) is 9.97 Å². The highest BCUT2D eigenvalue weighted by Gasteiger charge is 2.23. The third-order valence-corrected chi connectivity index (χ3v) is 9.64. The standard InChI is InChI=1S/C25H25ClN4O3.C19H13Cl2N3O2/c1-16-14-30(15-17(2)33-16)23-11-8-19(13-27-23)25(32)28-20-9-10-21(26)22(12-20)29-24(31)18-6-4-3-5-7-18;20-15-8-7-14(23-19(26)13-6-9-17(21)22-11-13)10-16(15)24-18(25)12-4-2-1-3-5-12/h3-13,16-17H,14-15H2,1-2H3,(H,28,32)(H,29,31);1-11H,(H,23,26)(H,24,25). The molecule has 2 atom stereocenters. The van der Waals surface area contributed by atoms with Gasteiger partial charge >= 0.3 is 0 Å². The van der Waals surface area contributed by atoms with Crippen molar-refractivity contribution in [3.63, 3.8) is 0 Å². The Morgan fingerprint density at radius 3 is 1.41 bits per heavy atom. The minimum atomic E-state index is -0.350. The van der Waals surface area contributed by atoms with Crippen LogP contribution in [0.3, 0.4) is 0 Å². The van der Waals surface area contributed by atoms with E-state index in [4.69, 9.17) is 39.5 Å². The van der Waals surface area contributed by atoms with Crippen molar-refractivity contribution in [1.29, 1.82) is 0 Å². The van der Waals surface area contributed by atoms with E-state index < -0.39 is 0 Å². The van der Waals surface area contributed by atoms with Crippen LogP contribution in [0.1, 0.15) is 55.3 Å². The monoisotopic (exact) mass is 849 g/mol. The number of aromatic nitrogens is 2. The summed E-state index contributed by atoms with van der Waals surface area (Å²) in [5.41, 5.74) is 3.60. The summed E-state index contributed by atoms with van der Waals surface area (Å²) in [4.78, 5) is 60.2. The van der Waals surface area contributed by atoms with Crippen LogP contribution in [0.4, 0.5) is 28.6 Å². The number of anilines is 5. The molecule has 0 saturated carbocycles. The fourth-order valence-electron chi connectivity index (χ4n) is 5.95. The molecule has 0 aliphatic carbocycles. The SMILES string of the molecule is CC1CN(c2ccc(C(=O)Nc3ccc(Cl)c(NC(=O)c4ccccc4)c3)cn2)CC(C)O1.O=C(Nc1ccc(Cl)c(NC(=O)c2ccccc2)c1)c1ccc(Cl)nc1. The lowest BCUT2D eigenvalue weighted by atomic mass is 10.2. The molecule has 4 aromatic carbocycles. The largest absolute Gasteiger partial charge is 0.372 e. The molecule has 4 N–H and O–H groups in total. The molecule has 1 aliphatic rings. The number of nitrogens with zero attached hydrogens (tertiary/aromatic N) is 3. The number of ether oxygens (including phenoxy) is 1. The van der Waals surface area contributed by atoms with Gasteiger partial charge in [-0.25, -0.2) is 9.97 Å². The van der Waals surface area contributed by atoms with E-state index in [0.717, 1.165) is 18.9 Å². The molecule has 15 heteroatoms. The highest BCUT2D eigenvalue weighted by Crippen LogP contribution is 2.28. The van der Waals surface area contributed by atoms with Crippen LogP contribution in [-0.2, 0) is 4.74 Å². The molecule has 59 heavy (non-hydrogen) atoms. The summed E-state index contributed by atoms with van der Waals surface area (Å²) in [5.74, 6) is -0.423. The van der Waals surface area contributed by atoms with E-state index in [-0.39, 0.29) is 35.8 Å². The molecule has 2 aromatic heterocycles. The van der Waals surface area contributed by atoms with Gasteiger partial charge in [0.25, 0.3) is 23.6 Å². The van der Waals surface area contributed by atoms with E-state index in [0.29, 0.717) is 60.2 Å². The van der Waals surface area contributed by atoms with Gasteiger partial charge in [0.05, 0.1) is 44.8 Å². The Morgan fingerprint density at radius 1 is 0.542 bits per heavy atom. The first kappa shape index (κ1) is 42.3. The number of hydrogen-bond donors (Lipinski definition) is 4. The van der Waals surface area contributed by atoms with Gasteiger partial charge in [-0.1, -0.05) is 71.2 Å². The molecular formula is C44H38Cl3N7O5. The van der Waals surface area contributed by atoms with Crippen LogP contribution >= 0.6 is 34.8 Å². The molecule has 1 aliphatic heterocycles. The van der Waals surface area contributed by atoms with Crippen LogP contribution < -0.4 is 26.2 Å². The topological polar surface area (TPSA) is 155 Å². The van der Waals surface area contributed by atoms with E-state index >= 15 is 0 Å². The van der Waals surface area contributed by atoms with Crippen LogP contribution in [0.15, 0.2) is 134 Å². The van der Waals surface area contributed by atoms with Crippen molar-refractivity contribution in [2.75, 3.05) is 39.3 Å². The Hall–Kier alpha value is -6.31. The quantitative estimate of drug-likeness (QED) is 0.105. The molecular weight excluding hydrogens is 813 g/mol. The summed E-state index contributed by atoms with van der Waals surface area (Å²) in [5, 5.41) is 12.1. The number of benzene rings is 4. The highest BCUT2D eigenvalue weighted by atomic mass is 35.5. The molecule has 1 saturated heterocycles. The number of rotatable bonds is 9. The predicted molar refractivity (Wildman–Crippen MR) is 233 cm³/mol. The van der Waals surface area contributed by atoms with E-state index in [1.165, 1.54) is 12.3 Å². The number of hydrogen-bond acceptors (Lipinski definition) is 8. The van der Waals surface area contributed by atoms with Crippen molar-refractivity contribution in [2.24, 2.45) is 0 Å². The van der Waals surface area contributed by atoms with Crippen molar-refractivity contribution < 1.29 is 23.9 Å². The summed E-state index contributed by atoms with van der Waals surface area (Å²) in [6.45, 7) is 5.58. The Morgan fingerprint density at radius 2 is 0.983 bits per heavy atom. The lowest BCUT2D eigenvalue weighted by Crippen LogP contribution is -2.45. The number of amides is 4. The maximum atomic E-state index is 12.7. The van der Waals surface area contributed by atoms with Crippen molar-refractivity contribution in [2.45, 2.75) is 26.1 Å². The first-order chi connectivity index (χ1) is 28.4. The van der Waals surface area contributed by atoms with Gasteiger partial charge in [-0.05, 0) is 98.8 Å². The van der Waals surface area contributed by atoms with E-state index in [1.807, 2.05) is 32.0 Å². The van der Waals surface area contributed by atoms with E-state index in [1.54, 1.807) is 103 Å². The lowest BCUT2D eigenvalue weighted by Gasteiger charge is -2.36. The van der Waals surface area contributed by atoms with Crippen LogP contribution in [0.25, 0.3) is 0 Å². The zero-order valence-corrected chi connectivity index (χ0v) is 34.1. The van der Waals surface area contributed by atoms with Gasteiger partial charge in [0.1, 0.15) is 11.0 Å². The second-order valence-electron chi connectivity index (χ2n) is 13.4. The lowest BCUT2D eigenvalue weighted by molar-refractivity contribution is -0.00547. The number of carbonyl (C=O) groups is 4. The average molecular weight is 851 g/mol. The number of morpholine rings is 1. The van der Waals surface area contributed by atoms with E-state index in [9.17, 15) is 19.2 Å². The summed E-state index contributed by atoms with van der Waals surface area (Å²) in [6.07, 6.45) is 3.19. The van der Waals surface area contributed by atoms with Gasteiger partial charge in [0, 0.05) is 48.0 Å². The van der Waals surface area contributed by atoms with Gasteiger partial charge in [-0.2, -0.15) is 0 Å². The normalized spacial score (nSPS) is 14.6. The maximum absolute atomic E-state index is 12.7. The number of halogens is 3. The average Bonchev–Trinajstić information content (AvgIpc) is 3.24. The molecule has 0 radical (unpaired) electrons. The summed E-state index contributed by atoms with van der Waals surface area (Å²) < 4.78 is 5.76. The molecule has 0 bridgehead atoms. The minimum Gasteiger partial charge on any atom is -0.372 e. The molecule has 4 amide bonds. The fraction of sp³-hybridized carbons (Fsp3) is 0.136. The Labute approximate surface area is 355 Å². The van der Waals surface area contributed by atoms with Crippen LogP contribution in [-0.4, -0.2) is 58.9 Å². The zero-order chi connectivity index (χ0) is 41.9. The van der Waals surface area contributed by atoms with E-state index in [2.05, 4.69) is 36.1 Å². The van der Waals surface area contributed by atoms with Gasteiger partial charge < -0.3 is 30.9 Å². The molecule has 0 spiro atoms. The molecule has 6 aromatic rings. The van der Waals surface area contributed by atoms with Crippen LogP contribution in [0.2, 0.25) is 15.2 Å². The Kier molecular flexibility index (Phi) is 14.3. The van der Waals surface area contributed by atoms with Crippen molar-refractivity contribution in [3.8, 4) is 0 Å². The van der Waals surface area contributed by atoms with Gasteiger partial charge in [-0.15, -0.1) is 0 Å². The second kappa shape index (κ2) is 19.9. The van der Waals surface area contributed by atoms with Crippen LogP contribution in [0.5, 0.6) is 0 Å². The van der Waals surface area contributed by atoms with Gasteiger partial charge in [-0.3, -0.25) is 19.2 Å². The van der Waals surface area contributed by atoms with Gasteiger partial charge in [0.2, 0.25) is 0 Å². The maximum Gasteiger partial charge on any atom is 0.257 e. The molecule has 7 rings (SSSR count). The zero-order valence-electron chi connectivity index (χ0n) is 31.8. The van der Waals surface area contributed by atoms with Crippen molar-refractivity contribution >= 4 is 87.0 Å². The Bertz CT molecular complexity index is 2410. The number of pyridine rings is 2. The molecule has 1 fully saturated rings. The molecule has 300 valence electrons. The summed E-state index contributed by atoms with van der Waals surface area (Å²) >= 11 is 18.1. The fourth-order valence-corrected chi connectivity index (χ4v) is 6.40. The third-order valence-electron chi connectivity index (χ3n) is 8.76. The first-order valence-corrected chi connectivity index (χ1v) is 19.5. The second-order valence-corrected chi connectivity index (χ2v) is 14.6. The minimum absolute atomic E-state index is 0.125. The number of nitrogens with one attached hydrogen (secondary N) is 4. The highest BCUT2D eigenvalue weighted by molar-refractivity contribution is 6.34. The molecule has 2 unspecified atom stereocenters. The smallest absolute Gasteiger partial charge is 0.257 e. The summed E-state index contributed by atoms with van der Waals surface area (Å²) in [6, 6.07) is 34.0. The molecule has 12 nitrogen and oxygen atoms in total. The predicted octanol–water partition coefficient (Wildman–Crippen LogP) is 9.75. The van der Waals surface area contributed by atoms with Crippen molar-refractivity contribution in [3.05, 3.63) is 171 Å². The first-order valence-electron chi connectivity index (χ1n) is 18.3. The number of carbonyl (C=O) groups excluding carboxylic acids is 4. The third kappa shape index (κ3) is 11.9.